The number of nitrogens with zero attached hydrogens (tertiary/aromatic N) is 2. The Morgan fingerprint density at radius 1 is 1.23 bits per heavy atom. The second-order valence-electron chi connectivity index (χ2n) is 4.82. The van der Waals surface area contributed by atoms with E-state index in [0.717, 1.165) is 11.0 Å². The molecule has 0 saturated heterocycles. The fourth-order valence-corrected chi connectivity index (χ4v) is 2.29. The van der Waals surface area contributed by atoms with E-state index >= 15 is 0 Å². The highest BCUT2D eigenvalue weighted by Crippen LogP contribution is 2.25. The molecular formula is C15H14N6O. The van der Waals surface area contributed by atoms with Crippen LogP contribution in [0.4, 0.5) is 5.69 Å². The number of aromatic nitrogens is 5. The molecule has 0 saturated carbocycles. The van der Waals surface area contributed by atoms with Crippen molar-refractivity contribution in [2.24, 2.45) is 0 Å². The number of aromatic amines is 3. The minimum absolute atomic E-state index is 0. The summed E-state index contributed by atoms with van der Waals surface area (Å²) in [5.41, 5.74) is 3.55. The molecule has 7 heteroatoms. The first kappa shape index (κ1) is 12.4. The second kappa shape index (κ2) is 4.88. The summed E-state index contributed by atoms with van der Waals surface area (Å²) >= 11 is 0. The van der Waals surface area contributed by atoms with Gasteiger partial charge in [0.2, 0.25) is 0 Å². The third kappa shape index (κ3) is 2.05. The zero-order valence-electron chi connectivity index (χ0n) is 11.4. The Bertz CT molecular complexity index is 907. The zero-order valence-corrected chi connectivity index (χ0v) is 11.4. The Balaban J connectivity index is 0.00000156. The van der Waals surface area contributed by atoms with Crippen LogP contribution in [-0.4, -0.2) is 31.1 Å². The molecule has 3 heterocycles. The molecule has 0 fully saturated rings. The number of imidazole rings is 1. The lowest BCUT2D eigenvalue weighted by atomic mass is 10.3. The summed E-state index contributed by atoms with van der Waals surface area (Å²) in [5, 5.41) is 9.69. The van der Waals surface area contributed by atoms with Crippen molar-refractivity contribution < 1.29 is 6.22 Å². The van der Waals surface area contributed by atoms with E-state index in [4.69, 9.17) is 0 Å². The Labute approximate surface area is 126 Å². The van der Waals surface area contributed by atoms with E-state index in [1.165, 1.54) is 0 Å². The molecule has 4 aromatic rings. The molecular weight excluding hydrogens is 280 g/mol. The van der Waals surface area contributed by atoms with E-state index in [-0.39, 0.29) is 7.33 Å². The minimum Gasteiger partial charge on any atom is -0.367 e. The first-order valence-electron chi connectivity index (χ1n) is 6.74. The smallest absolute Gasteiger partial charge is 0.257 e. The van der Waals surface area contributed by atoms with E-state index in [9.17, 15) is 4.79 Å². The first-order valence-corrected chi connectivity index (χ1v) is 6.74. The van der Waals surface area contributed by atoms with Crippen molar-refractivity contribution in [2.45, 2.75) is 0 Å². The zero-order chi connectivity index (χ0) is 14.9. The average Bonchev–Trinajstić information content (AvgIpc) is 3.26. The number of amides is 1. The molecule has 4 rings (SSSR count). The van der Waals surface area contributed by atoms with E-state index in [2.05, 4.69) is 30.5 Å². The molecule has 0 atom stereocenters. The van der Waals surface area contributed by atoms with Crippen LogP contribution >= 0.6 is 0 Å². The minimum atomic E-state index is -0.208. The molecule has 0 spiro atoms. The van der Waals surface area contributed by atoms with E-state index in [0.29, 0.717) is 22.8 Å². The summed E-state index contributed by atoms with van der Waals surface area (Å²) < 4.78 is 0. The first-order chi connectivity index (χ1) is 10.8. The fourth-order valence-electron chi connectivity index (χ4n) is 2.29. The van der Waals surface area contributed by atoms with Gasteiger partial charge in [0.15, 0.2) is 5.82 Å². The molecule has 0 aliphatic carbocycles. The number of para-hydroxylation sites is 2. The molecule has 1 amide bonds. The number of hydrogen-bond acceptors (Lipinski definition) is 3. The maximum atomic E-state index is 12.1. The molecule has 0 aliphatic heterocycles. The van der Waals surface area contributed by atoms with E-state index < -0.39 is 0 Å². The van der Waals surface area contributed by atoms with Crippen LogP contribution in [0.25, 0.3) is 22.6 Å². The van der Waals surface area contributed by atoms with Crippen LogP contribution in [0.2, 0.25) is 0 Å². The molecule has 110 valence electrons. The molecule has 4 N–H and O–H groups in total. The largest absolute Gasteiger partial charge is 0.367 e. The van der Waals surface area contributed by atoms with Crippen LogP contribution in [0.5, 0.6) is 0 Å². The Hall–Kier alpha value is -3.35. The van der Waals surface area contributed by atoms with Gasteiger partial charge in [0.1, 0.15) is 5.69 Å². The van der Waals surface area contributed by atoms with E-state index in [1.807, 2.05) is 24.3 Å². The van der Waals surface area contributed by atoms with Gasteiger partial charge in [-0.1, -0.05) is 12.1 Å². The van der Waals surface area contributed by atoms with Gasteiger partial charge >= 0.3 is 0 Å². The van der Waals surface area contributed by atoms with Crippen LogP contribution in [-0.2, 0) is 0 Å². The van der Waals surface area contributed by atoms with Crippen LogP contribution < -0.4 is 5.32 Å². The lowest BCUT2D eigenvalue weighted by molar-refractivity contribution is 0.102. The third-order valence-corrected chi connectivity index (χ3v) is 3.37. The van der Waals surface area contributed by atoms with Crippen LogP contribution in [0, 0.1) is 0 Å². The van der Waals surface area contributed by atoms with Gasteiger partial charge in [-0.05, 0) is 18.2 Å². The van der Waals surface area contributed by atoms with Gasteiger partial charge in [-0.3, -0.25) is 9.89 Å². The second-order valence-corrected chi connectivity index (χ2v) is 4.82. The Morgan fingerprint density at radius 3 is 2.95 bits per heavy atom. The number of nitrogens with one attached hydrogen (secondary N) is 4. The number of carbonyl (C=O) groups is 1. The lowest BCUT2D eigenvalue weighted by Gasteiger charge is -2.02. The predicted molar refractivity (Wildman–Crippen MR) is 84.5 cm³/mol. The summed E-state index contributed by atoms with van der Waals surface area (Å²) in [6, 6.07) is 9.43. The highest BCUT2D eigenvalue weighted by Gasteiger charge is 2.15. The van der Waals surface area contributed by atoms with E-state index in [1.54, 1.807) is 24.7 Å². The molecule has 0 radical (unpaired) electrons. The van der Waals surface area contributed by atoms with Crippen LogP contribution in [0.15, 0.2) is 48.9 Å². The van der Waals surface area contributed by atoms with Crippen LogP contribution in [0.1, 0.15) is 11.8 Å². The number of anilines is 1. The van der Waals surface area contributed by atoms with Gasteiger partial charge in [-0.25, -0.2) is 4.98 Å². The maximum absolute atomic E-state index is 12.1. The average molecular weight is 294 g/mol. The van der Waals surface area contributed by atoms with Gasteiger partial charge in [0.05, 0.1) is 28.5 Å². The number of benzene rings is 1. The molecule has 0 aliphatic rings. The molecule has 1 aromatic carbocycles. The summed E-state index contributed by atoms with van der Waals surface area (Å²) in [7, 11) is 0. The fraction of sp³-hybridized carbons (Fsp3) is 0. The lowest BCUT2D eigenvalue weighted by Crippen LogP contribution is -2.11. The molecule has 22 heavy (non-hydrogen) atoms. The van der Waals surface area contributed by atoms with Gasteiger partial charge in [-0.15, -0.1) is 0 Å². The molecule has 0 bridgehead atoms. The third-order valence-electron chi connectivity index (χ3n) is 3.37. The maximum Gasteiger partial charge on any atom is 0.257 e. The van der Waals surface area contributed by atoms with Crippen molar-refractivity contribution in [2.75, 3.05) is 5.32 Å². The summed E-state index contributed by atoms with van der Waals surface area (Å²) in [6.07, 6.45) is 4.90. The normalized spacial score (nSPS) is 10.9. The standard InChI is InChI=1S/C15H12N6O.H2/c22-15(9-5-6-16-7-9)20-12-8-17-21-13(12)14-18-10-3-1-2-4-11(10)19-14;/h1-8,16H,(H,17,21)(H,18,19)(H,20,22);1H. The summed E-state index contributed by atoms with van der Waals surface area (Å²) in [6.45, 7) is 0. The topological polar surface area (TPSA) is 102 Å². The van der Waals surface area contributed by atoms with Crippen molar-refractivity contribution >= 4 is 22.6 Å². The predicted octanol–water partition coefficient (Wildman–Crippen LogP) is 2.78. The van der Waals surface area contributed by atoms with Crippen LogP contribution in [0.3, 0.4) is 0 Å². The molecule has 7 nitrogen and oxygen atoms in total. The Kier molecular flexibility index (Phi) is 2.75. The van der Waals surface area contributed by atoms with Crippen molar-refractivity contribution in [3.8, 4) is 11.5 Å². The summed E-state index contributed by atoms with van der Waals surface area (Å²) in [5.74, 6) is 0.420. The number of fused-ring (bicyclic) bond motifs is 1. The number of H-pyrrole nitrogens is 3. The number of carbonyl (C=O) groups excluding carboxylic acids is 1. The van der Waals surface area contributed by atoms with Gasteiger partial charge < -0.3 is 15.3 Å². The van der Waals surface area contributed by atoms with Gasteiger partial charge in [0, 0.05) is 13.8 Å². The molecule has 3 aromatic heterocycles. The highest BCUT2D eigenvalue weighted by molar-refractivity contribution is 6.05. The Morgan fingerprint density at radius 2 is 2.14 bits per heavy atom. The van der Waals surface area contributed by atoms with Gasteiger partial charge in [-0.2, -0.15) is 5.10 Å². The summed E-state index contributed by atoms with van der Waals surface area (Å²) in [4.78, 5) is 22.7. The van der Waals surface area contributed by atoms with Gasteiger partial charge in [0.25, 0.3) is 5.91 Å². The van der Waals surface area contributed by atoms with Crippen molar-refractivity contribution in [1.82, 2.24) is 25.1 Å². The monoisotopic (exact) mass is 294 g/mol. The number of hydrogen-bond donors (Lipinski definition) is 4. The molecule has 0 unspecified atom stereocenters. The van der Waals surface area contributed by atoms with Crippen molar-refractivity contribution in [1.29, 1.82) is 0 Å². The quantitative estimate of drug-likeness (QED) is 0.467. The van der Waals surface area contributed by atoms with Crippen molar-refractivity contribution in [3.63, 3.8) is 0 Å². The highest BCUT2D eigenvalue weighted by atomic mass is 16.1. The van der Waals surface area contributed by atoms with Crippen molar-refractivity contribution in [3.05, 3.63) is 54.5 Å². The SMILES string of the molecule is O=C(Nc1cn[nH]c1-c1nc2ccccc2[nH]1)c1cc[nH]c1.[HH]. The number of rotatable bonds is 3.